The van der Waals surface area contributed by atoms with Crippen molar-refractivity contribution in [3.63, 3.8) is 0 Å². The van der Waals surface area contributed by atoms with Gasteiger partial charge in [0.25, 0.3) is 0 Å². The lowest BCUT2D eigenvalue weighted by atomic mass is 9.86. The molecule has 0 unspecified atom stereocenters. The summed E-state index contributed by atoms with van der Waals surface area (Å²) in [5, 5.41) is 11.5. The van der Waals surface area contributed by atoms with E-state index in [1.807, 2.05) is 36.4 Å². The zero-order valence-corrected chi connectivity index (χ0v) is 15.8. The zero-order chi connectivity index (χ0) is 18.8. The van der Waals surface area contributed by atoms with E-state index in [0.29, 0.717) is 11.1 Å². The molecule has 138 valence electrons. The van der Waals surface area contributed by atoms with E-state index in [0.717, 1.165) is 23.7 Å². The molecule has 0 amide bonds. The number of quaternary nitrogens is 1. The Bertz CT molecular complexity index is 697. The number of esters is 1. The molecule has 0 aromatic heterocycles. The standard InChI is InChI=1S/C22H28NO3/c1-23(2,3)19-15-10-16-20(19)26-21(24)22(25,17-11-6-4-7-12-17)18-13-8-5-9-14-18/h4-9,11-14,19-20,25H,10,15-16H2,1-3H3/q+1/t19-,20+/m1/s1. The lowest BCUT2D eigenvalue weighted by molar-refractivity contribution is -0.898. The van der Waals surface area contributed by atoms with Gasteiger partial charge in [0.2, 0.25) is 5.60 Å². The number of aliphatic hydroxyl groups is 1. The SMILES string of the molecule is C[N+](C)(C)[C@@H]1CCC[C@@H]1OC(=O)C(O)(c1ccccc1)c1ccccc1. The van der Waals surface area contributed by atoms with Crippen LogP contribution < -0.4 is 0 Å². The number of carbonyl (C=O) groups is 1. The van der Waals surface area contributed by atoms with Crippen LogP contribution in [0.25, 0.3) is 0 Å². The molecule has 3 rings (SSSR count). The maximum Gasteiger partial charge on any atom is 0.348 e. The van der Waals surface area contributed by atoms with Crippen molar-refractivity contribution >= 4 is 5.97 Å². The molecule has 1 fully saturated rings. The highest BCUT2D eigenvalue weighted by Gasteiger charge is 2.46. The van der Waals surface area contributed by atoms with E-state index in [-0.39, 0.29) is 12.1 Å². The fraction of sp³-hybridized carbons (Fsp3) is 0.409. The third-order valence-corrected chi connectivity index (χ3v) is 5.35. The second kappa shape index (κ2) is 7.22. The van der Waals surface area contributed by atoms with Gasteiger partial charge in [0.1, 0.15) is 6.04 Å². The molecule has 4 heteroatoms. The Labute approximate surface area is 155 Å². The highest BCUT2D eigenvalue weighted by Crippen LogP contribution is 2.35. The molecular formula is C22H28NO3+. The summed E-state index contributed by atoms with van der Waals surface area (Å²) in [4.78, 5) is 13.2. The number of likely N-dealkylation sites (N-methyl/N-ethyl adjacent to an activating group) is 1. The van der Waals surface area contributed by atoms with Crippen molar-refractivity contribution in [1.29, 1.82) is 0 Å². The first-order valence-electron chi connectivity index (χ1n) is 9.19. The fourth-order valence-corrected chi connectivity index (χ4v) is 3.91. The Morgan fingerprint density at radius 2 is 1.46 bits per heavy atom. The molecule has 2 aromatic rings. The van der Waals surface area contributed by atoms with Crippen molar-refractivity contribution in [2.75, 3.05) is 21.1 Å². The zero-order valence-electron chi connectivity index (χ0n) is 15.8. The van der Waals surface area contributed by atoms with Crippen molar-refractivity contribution in [1.82, 2.24) is 0 Å². The molecule has 0 saturated heterocycles. The fourth-order valence-electron chi connectivity index (χ4n) is 3.91. The van der Waals surface area contributed by atoms with Crippen molar-refractivity contribution in [2.45, 2.75) is 37.0 Å². The summed E-state index contributed by atoms with van der Waals surface area (Å²) in [6.45, 7) is 0. The van der Waals surface area contributed by atoms with Crippen LogP contribution in [0, 0.1) is 0 Å². The molecule has 2 aromatic carbocycles. The molecule has 4 nitrogen and oxygen atoms in total. The Hall–Kier alpha value is -2.17. The van der Waals surface area contributed by atoms with Gasteiger partial charge in [-0.1, -0.05) is 60.7 Å². The third kappa shape index (κ3) is 3.53. The Kier molecular flexibility index (Phi) is 5.17. The van der Waals surface area contributed by atoms with Gasteiger partial charge >= 0.3 is 5.97 Å². The molecule has 1 N–H and O–H groups in total. The number of hydrogen-bond acceptors (Lipinski definition) is 3. The molecule has 0 spiro atoms. The average Bonchev–Trinajstić information content (AvgIpc) is 3.11. The quantitative estimate of drug-likeness (QED) is 0.663. The second-order valence-electron chi connectivity index (χ2n) is 8.00. The summed E-state index contributed by atoms with van der Waals surface area (Å²) in [5.74, 6) is -0.597. The minimum absolute atomic E-state index is 0.179. The van der Waals surface area contributed by atoms with E-state index >= 15 is 0 Å². The molecular weight excluding hydrogens is 326 g/mol. The van der Waals surface area contributed by atoms with Gasteiger partial charge in [-0.05, 0) is 24.0 Å². The van der Waals surface area contributed by atoms with Crippen molar-refractivity contribution < 1.29 is 19.1 Å². The van der Waals surface area contributed by atoms with Gasteiger partial charge in [-0.15, -0.1) is 0 Å². The van der Waals surface area contributed by atoms with Crippen LogP contribution in [0.15, 0.2) is 60.7 Å². The van der Waals surface area contributed by atoms with Crippen LogP contribution in [0.3, 0.4) is 0 Å². The van der Waals surface area contributed by atoms with Gasteiger partial charge in [-0.25, -0.2) is 4.79 Å². The van der Waals surface area contributed by atoms with Crippen LogP contribution in [0.1, 0.15) is 30.4 Å². The average molecular weight is 354 g/mol. The molecule has 1 saturated carbocycles. The first-order valence-corrected chi connectivity index (χ1v) is 9.19. The maximum atomic E-state index is 13.2. The minimum Gasteiger partial charge on any atom is -0.453 e. The molecule has 26 heavy (non-hydrogen) atoms. The summed E-state index contributed by atoms with van der Waals surface area (Å²) >= 11 is 0. The summed E-state index contributed by atoms with van der Waals surface area (Å²) in [7, 11) is 6.37. The first-order chi connectivity index (χ1) is 12.3. The largest absolute Gasteiger partial charge is 0.453 e. The van der Waals surface area contributed by atoms with Gasteiger partial charge in [0.15, 0.2) is 6.10 Å². The Morgan fingerprint density at radius 3 is 1.92 bits per heavy atom. The van der Waals surface area contributed by atoms with Crippen LogP contribution in [-0.4, -0.2) is 48.8 Å². The smallest absolute Gasteiger partial charge is 0.348 e. The number of carbonyl (C=O) groups excluding carboxylic acids is 1. The van der Waals surface area contributed by atoms with Crippen molar-refractivity contribution in [3.05, 3.63) is 71.8 Å². The van der Waals surface area contributed by atoms with Crippen LogP contribution >= 0.6 is 0 Å². The molecule has 0 aliphatic heterocycles. The second-order valence-corrected chi connectivity index (χ2v) is 8.00. The predicted molar refractivity (Wildman–Crippen MR) is 101 cm³/mol. The van der Waals surface area contributed by atoms with Gasteiger partial charge in [-0.2, -0.15) is 0 Å². The van der Waals surface area contributed by atoms with E-state index in [2.05, 4.69) is 21.1 Å². The van der Waals surface area contributed by atoms with Crippen LogP contribution in [-0.2, 0) is 15.1 Å². The van der Waals surface area contributed by atoms with Crippen LogP contribution in [0.4, 0.5) is 0 Å². The third-order valence-electron chi connectivity index (χ3n) is 5.35. The molecule has 0 bridgehead atoms. The van der Waals surface area contributed by atoms with Gasteiger partial charge < -0.3 is 14.3 Å². The summed E-state index contributed by atoms with van der Waals surface area (Å²) in [6.07, 6.45) is 2.72. The lowest BCUT2D eigenvalue weighted by Gasteiger charge is -2.36. The summed E-state index contributed by atoms with van der Waals surface area (Å²) < 4.78 is 6.66. The Balaban J connectivity index is 1.94. The number of hydrogen-bond donors (Lipinski definition) is 1. The monoisotopic (exact) mass is 354 g/mol. The van der Waals surface area contributed by atoms with E-state index < -0.39 is 11.6 Å². The van der Waals surface area contributed by atoms with Gasteiger partial charge in [-0.3, -0.25) is 0 Å². The van der Waals surface area contributed by atoms with E-state index in [4.69, 9.17) is 4.74 Å². The van der Waals surface area contributed by atoms with Crippen molar-refractivity contribution in [2.24, 2.45) is 0 Å². The highest BCUT2D eigenvalue weighted by molar-refractivity contribution is 5.85. The van der Waals surface area contributed by atoms with E-state index in [9.17, 15) is 9.90 Å². The van der Waals surface area contributed by atoms with Gasteiger partial charge in [0.05, 0.1) is 21.1 Å². The summed E-state index contributed by atoms with van der Waals surface area (Å²) in [5.41, 5.74) is -0.757. The van der Waals surface area contributed by atoms with E-state index in [1.165, 1.54) is 0 Å². The van der Waals surface area contributed by atoms with Crippen molar-refractivity contribution in [3.8, 4) is 0 Å². The molecule has 1 aliphatic carbocycles. The lowest BCUT2D eigenvalue weighted by Crippen LogP contribution is -2.51. The molecule has 0 radical (unpaired) electrons. The first kappa shape index (κ1) is 18.6. The molecule has 0 heterocycles. The number of benzene rings is 2. The summed E-state index contributed by atoms with van der Waals surface area (Å²) in [6, 6.07) is 18.3. The van der Waals surface area contributed by atoms with E-state index in [1.54, 1.807) is 24.3 Å². The van der Waals surface area contributed by atoms with Gasteiger partial charge in [0, 0.05) is 6.42 Å². The topological polar surface area (TPSA) is 46.5 Å². The van der Waals surface area contributed by atoms with Crippen LogP contribution in [0.5, 0.6) is 0 Å². The highest BCUT2D eigenvalue weighted by atomic mass is 16.6. The van der Waals surface area contributed by atoms with Crippen LogP contribution in [0.2, 0.25) is 0 Å². The Morgan fingerprint density at radius 1 is 0.962 bits per heavy atom. The number of nitrogens with zero attached hydrogens (tertiary/aromatic N) is 1. The molecule has 1 aliphatic rings. The predicted octanol–water partition coefficient (Wildman–Crippen LogP) is 3.09. The maximum absolute atomic E-state index is 13.2. The number of ether oxygens (including phenoxy) is 1. The molecule has 2 atom stereocenters. The number of rotatable bonds is 5. The normalized spacial score (nSPS) is 20.8. The minimum atomic E-state index is -1.81.